The highest BCUT2D eigenvalue weighted by atomic mass is 16.2. The molecule has 0 spiro atoms. The molecule has 0 aromatic heterocycles. The Morgan fingerprint density at radius 1 is 1.00 bits per heavy atom. The van der Waals surface area contributed by atoms with Gasteiger partial charge < -0.3 is 10.6 Å². The maximum absolute atomic E-state index is 12.4. The van der Waals surface area contributed by atoms with E-state index < -0.39 is 5.92 Å². The molecule has 1 aliphatic heterocycles. The van der Waals surface area contributed by atoms with E-state index in [1.807, 2.05) is 48.5 Å². The van der Waals surface area contributed by atoms with Crippen molar-refractivity contribution in [2.75, 3.05) is 17.2 Å². The maximum Gasteiger partial charge on any atom is 0.232 e. The molecule has 2 aromatic rings. The van der Waals surface area contributed by atoms with Crippen molar-refractivity contribution in [2.45, 2.75) is 33.1 Å². The van der Waals surface area contributed by atoms with Crippen molar-refractivity contribution >= 4 is 29.1 Å². The monoisotopic (exact) mass is 378 g/mol. The molecule has 0 bridgehead atoms. The lowest BCUT2D eigenvalue weighted by atomic mass is 10.0. The van der Waals surface area contributed by atoms with Crippen molar-refractivity contribution in [1.29, 1.82) is 0 Å². The summed E-state index contributed by atoms with van der Waals surface area (Å²) in [4.78, 5) is 29.0. The molecule has 1 atom stereocenters. The van der Waals surface area contributed by atoms with Crippen LogP contribution < -0.4 is 16.0 Å². The van der Waals surface area contributed by atoms with Crippen molar-refractivity contribution in [3.8, 4) is 0 Å². The lowest BCUT2D eigenvalue weighted by Gasteiger charge is -2.22. The third kappa shape index (κ3) is 5.19. The molecule has 6 nitrogen and oxygen atoms in total. The molecule has 1 unspecified atom stereocenters. The highest BCUT2D eigenvalue weighted by molar-refractivity contribution is 6.07. The largest absolute Gasteiger partial charge is 0.326 e. The van der Waals surface area contributed by atoms with Crippen molar-refractivity contribution in [2.24, 2.45) is 10.9 Å². The summed E-state index contributed by atoms with van der Waals surface area (Å²) < 4.78 is 0. The number of aliphatic imine (C=N–C) groups is 1. The summed E-state index contributed by atoms with van der Waals surface area (Å²) in [5.74, 6) is -0.436. The Balaban J connectivity index is 1.53. The molecule has 3 N–H and O–H groups in total. The van der Waals surface area contributed by atoms with Crippen LogP contribution in [0.25, 0.3) is 0 Å². The Morgan fingerprint density at radius 3 is 2.11 bits per heavy atom. The van der Waals surface area contributed by atoms with Gasteiger partial charge in [0.15, 0.2) is 0 Å². The van der Waals surface area contributed by atoms with Gasteiger partial charge in [-0.3, -0.25) is 19.9 Å². The fourth-order valence-electron chi connectivity index (χ4n) is 2.99. The molecule has 0 fully saturated rings. The standard InChI is InChI=1S/C22H26N4O2/c1-3-15-5-9-18(10-6-15)24-20(27)13-17-14-23-22(26-21(17)28)25-19-11-7-16(4-2)8-12-19/h5-12,17H,3-4,13-14H2,1-2H3,(H,24,27)(H2,23,25,26,28). The van der Waals surface area contributed by atoms with Crippen molar-refractivity contribution in [3.05, 3.63) is 59.7 Å². The summed E-state index contributed by atoms with van der Waals surface area (Å²) in [6, 6.07) is 15.7. The second-order valence-electron chi connectivity index (χ2n) is 6.85. The van der Waals surface area contributed by atoms with Gasteiger partial charge in [-0.25, -0.2) is 0 Å². The van der Waals surface area contributed by atoms with E-state index in [2.05, 4.69) is 34.8 Å². The predicted octanol–water partition coefficient (Wildman–Crippen LogP) is 3.35. The summed E-state index contributed by atoms with van der Waals surface area (Å²) in [7, 11) is 0. The summed E-state index contributed by atoms with van der Waals surface area (Å²) in [5, 5.41) is 8.69. The molecule has 0 radical (unpaired) electrons. The molecule has 3 rings (SSSR count). The Morgan fingerprint density at radius 2 is 1.57 bits per heavy atom. The zero-order valence-corrected chi connectivity index (χ0v) is 16.3. The van der Waals surface area contributed by atoms with E-state index >= 15 is 0 Å². The van der Waals surface area contributed by atoms with E-state index in [1.54, 1.807) is 0 Å². The molecule has 1 aliphatic rings. The molecule has 146 valence electrons. The van der Waals surface area contributed by atoms with Crippen molar-refractivity contribution < 1.29 is 9.59 Å². The van der Waals surface area contributed by atoms with Crippen molar-refractivity contribution in [3.63, 3.8) is 0 Å². The van der Waals surface area contributed by atoms with Crippen LogP contribution in [0, 0.1) is 5.92 Å². The molecular formula is C22H26N4O2. The number of rotatable bonds is 6. The third-order valence-electron chi connectivity index (χ3n) is 4.78. The fraction of sp³-hybridized carbons (Fsp3) is 0.318. The van der Waals surface area contributed by atoms with Crippen LogP contribution in [0.4, 0.5) is 11.4 Å². The zero-order valence-electron chi connectivity index (χ0n) is 16.3. The summed E-state index contributed by atoms with van der Waals surface area (Å²) >= 11 is 0. The summed E-state index contributed by atoms with van der Waals surface area (Å²) in [6.45, 7) is 4.47. The SMILES string of the molecule is CCc1ccc(NC(=O)CC2CN=C(Nc3ccc(CC)cc3)NC2=O)cc1. The summed E-state index contributed by atoms with van der Waals surface area (Å²) in [5.41, 5.74) is 4.06. The number of aryl methyl sites for hydroxylation is 2. The van der Waals surface area contributed by atoms with Crippen LogP contribution >= 0.6 is 0 Å². The Kier molecular flexibility index (Phi) is 6.42. The van der Waals surface area contributed by atoms with Gasteiger partial charge >= 0.3 is 0 Å². The van der Waals surface area contributed by atoms with Gasteiger partial charge in [0, 0.05) is 17.8 Å². The predicted molar refractivity (Wildman–Crippen MR) is 112 cm³/mol. The number of hydrogen-bond acceptors (Lipinski definition) is 4. The lowest BCUT2D eigenvalue weighted by molar-refractivity contribution is -0.127. The Bertz CT molecular complexity index is 857. The van der Waals surface area contributed by atoms with Gasteiger partial charge in [0.25, 0.3) is 0 Å². The van der Waals surface area contributed by atoms with Crippen LogP contribution in [0.1, 0.15) is 31.4 Å². The van der Waals surface area contributed by atoms with Crippen LogP contribution in [-0.4, -0.2) is 24.3 Å². The van der Waals surface area contributed by atoms with Crippen LogP contribution in [0.5, 0.6) is 0 Å². The molecule has 0 aliphatic carbocycles. The fourth-order valence-corrected chi connectivity index (χ4v) is 2.99. The maximum atomic E-state index is 12.4. The van der Waals surface area contributed by atoms with Gasteiger partial charge in [-0.15, -0.1) is 0 Å². The van der Waals surface area contributed by atoms with E-state index in [1.165, 1.54) is 11.1 Å². The smallest absolute Gasteiger partial charge is 0.232 e. The first-order valence-electron chi connectivity index (χ1n) is 9.67. The second kappa shape index (κ2) is 9.17. The molecule has 28 heavy (non-hydrogen) atoms. The molecule has 6 heteroatoms. The molecule has 0 saturated carbocycles. The number of nitrogens with zero attached hydrogens (tertiary/aromatic N) is 1. The number of guanidine groups is 1. The van der Waals surface area contributed by atoms with E-state index in [0.29, 0.717) is 5.96 Å². The van der Waals surface area contributed by atoms with E-state index in [4.69, 9.17) is 0 Å². The van der Waals surface area contributed by atoms with E-state index in [-0.39, 0.29) is 24.8 Å². The quantitative estimate of drug-likeness (QED) is 0.721. The summed E-state index contributed by atoms with van der Waals surface area (Å²) in [6.07, 6.45) is 2.03. The lowest BCUT2D eigenvalue weighted by Crippen LogP contribution is -2.45. The van der Waals surface area contributed by atoms with Gasteiger partial charge in [-0.1, -0.05) is 38.1 Å². The van der Waals surface area contributed by atoms with Gasteiger partial charge in [0.1, 0.15) is 0 Å². The van der Waals surface area contributed by atoms with Gasteiger partial charge in [0.2, 0.25) is 17.8 Å². The van der Waals surface area contributed by atoms with E-state index in [0.717, 1.165) is 24.2 Å². The Labute approximate surface area is 165 Å². The zero-order chi connectivity index (χ0) is 19.9. The minimum atomic E-state index is -0.470. The molecule has 2 amide bonds. The molecule has 1 heterocycles. The number of benzene rings is 2. The van der Waals surface area contributed by atoms with Crippen LogP contribution in [0.2, 0.25) is 0 Å². The van der Waals surface area contributed by atoms with Gasteiger partial charge in [0.05, 0.1) is 12.5 Å². The topological polar surface area (TPSA) is 82.6 Å². The normalized spacial score (nSPS) is 16.1. The average Bonchev–Trinajstić information content (AvgIpc) is 2.71. The number of carbonyl (C=O) groups is 2. The number of anilines is 2. The first-order chi connectivity index (χ1) is 13.6. The number of hydrogen-bond donors (Lipinski definition) is 3. The minimum Gasteiger partial charge on any atom is -0.326 e. The minimum absolute atomic E-state index is 0.101. The number of nitrogens with one attached hydrogen (secondary N) is 3. The van der Waals surface area contributed by atoms with Crippen LogP contribution in [-0.2, 0) is 22.4 Å². The van der Waals surface area contributed by atoms with Gasteiger partial charge in [-0.05, 0) is 48.2 Å². The second-order valence-corrected chi connectivity index (χ2v) is 6.85. The highest BCUT2D eigenvalue weighted by Crippen LogP contribution is 2.15. The average molecular weight is 378 g/mol. The molecular weight excluding hydrogens is 352 g/mol. The van der Waals surface area contributed by atoms with Crippen LogP contribution in [0.3, 0.4) is 0 Å². The number of carbonyl (C=O) groups excluding carboxylic acids is 2. The number of amides is 2. The molecule has 2 aromatic carbocycles. The Hall–Kier alpha value is -3.15. The third-order valence-corrected chi connectivity index (χ3v) is 4.78. The highest BCUT2D eigenvalue weighted by Gasteiger charge is 2.26. The van der Waals surface area contributed by atoms with Crippen molar-refractivity contribution in [1.82, 2.24) is 5.32 Å². The van der Waals surface area contributed by atoms with Crippen LogP contribution in [0.15, 0.2) is 53.5 Å². The van der Waals surface area contributed by atoms with Gasteiger partial charge in [-0.2, -0.15) is 0 Å². The first kappa shape index (κ1) is 19.6. The molecule has 0 saturated heterocycles. The van der Waals surface area contributed by atoms with E-state index in [9.17, 15) is 9.59 Å². The first-order valence-corrected chi connectivity index (χ1v) is 9.67.